The van der Waals surface area contributed by atoms with E-state index in [-0.39, 0.29) is 11.9 Å². The Labute approximate surface area is 137 Å². The van der Waals surface area contributed by atoms with Crippen LogP contribution in [0.4, 0.5) is 4.79 Å². The summed E-state index contributed by atoms with van der Waals surface area (Å²) in [6, 6.07) is 6.87. The number of nitrogens with two attached hydrogens (primary N) is 1. The number of piperidine rings is 1. The lowest BCUT2D eigenvalue weighted by atomic mass is 9.90. The van der Waals surface area contributed by atoms with E-state index in [1.54, 1.807) is 7.11 Å². The zero-order valence-electron chi connectivity index (χ0n) is 13.7. The van der Waals surface area contributed by atoms with Crippen molar-refractivity contribution in [1.29, 1.82) is 0 Å². The monoisotopic (exact) mass is 319 g/mol. The van der Waals surface area contributed by atoms with Gasteiger partial charge in [-0.1, -0.05) is 18.2 Å². The van der Waals surface area contributed by atoms with Gasteiger partial charge in [0.1, 0.15) is 5.75 Å². The molecule has 1 aliphatic heterocycles. The van der Waals surface area contributed by atoms with Crippen LogP contribution >= 0.6 is 0 Å². The SMILES string of the molecule is COc1ccccc1C[C@@H]1CCCN([C@H](C)C(=O)NC(N)=O)C1. The lowest BCUT2D eigenvalue weighted by Crippen LogP contribution is -2.51. The van der Waals surface area contributed by atoms with Crippen molar-refractivity contribution < 1.29 is 14.3 Å². The molecule has 23 heavy (non-hydrogen) atoms. The van der Waals surface area contributed by atoms with Crippen molar-refractivity contribution in [3.05, 3.63) is 29.8 Å². The molecule has 0 unspecified atom stereocenters. The summed E-state index contributed by atoms with van der Waals surface area (Å²) in [5.41, 5.74) is 6.21. The molecular formula is C17H25N3O3. The summed E-state index contributed by atoms with van der Waals surface area (Å²) >= 11 is 0. The van der Waals surface area contributed by atoms with Crippen LogP contribution in [0.2, 0.25) is 0 Å². The molecule has 6 heteroatoms. The zero-order valence-corrected chi connectivity index (χ0v) is 13.7. The summed E-state index contributed by atoms with van der Waals surface area (Å²) in [5.74, 6) is 1.03. The number of carbonyl (C=O) groups is 2. The molecule has 1 aromatic carbocycles. The van der Waals surface area contributed by atoms with Crippen LogP contribution < -0.4 is 15.8 Å². The quantitative estimate of drug-likeness (QED) is 0.862. The number of likely N-dealkylation sites (tertiary alicyclic amines) is 1. The molecule has 3 N–H and O–H groups in total. The number of imide groups is 1. The third-order valence-electron chi connectivity index (χ3n) is 4.43. The van der Waals surface area contributed by atoms with Gasteiger partial charge >= 0.3 is 6.03 Å². The minimum Gasteiger partial charge on any atom is -0.496 e. The van der Waals surface area contributed by atoms with E-state index in [1.165, 1.54) is 5.56 Å². The number of ether oxygens (including phenoxy) is 1. The topological polar surface area (TPSA) is 84.7 Å². The minimum atomic E-state index is -0.801. The number of nitrogens with one attached hydrogen (secondary N) is 1. The van der Waals surface area contributed by atoms with Gasteiger partial charge in [-0.25, -0.2) is 4.79 Å². The molecular weight excluding hydrogens is 294 g/mol. The number of carbonyl (C=O) groups excluding carboxylic acids is 2. The molecule has 0 saturated carbocycles. The highest BCUT2D eigenvalue weighted by atomic mass is 16.5. The third kappa shape index (κ3) is 4.69. The number of hydrogen-bond acceptors (Lipinski definition) is 4. The van der Waals surface area contributed by atoms with E-state index in [4.69, 9.17) is 10.5 Å². The summed E-state index contributed by atoms with van der Waals surface area (Å²) in [6.07, 6.45) is 3.08. The van der Waals surface area contributed by atoms with E-state index in [1.807, 2.05) is 25.1 Å². The van der Waals surface area contributed by atoms with Crippen LogP contribution in [-0.4, -0.2) is 43.1 Å². The second kappa shape index (κ2) is 7.97. The predicted molar refractivity (Wildman–Crippen MR) is 88.2 cm³/mol. The molecule has 2 rings (SSSR count). The van der Waals surface area contributed by atoms with E-state index in [9.17, 15) is 9.59 Å². The van der Waals surface area contributed by atoms with Crippen LogP contribution in [0.3, 0.4) is 0 Å². The number of para-hydroxylation sites is 1. The first-order valence-corrected chi connectivity index (χ1v) is 7.97. The zero-order chi connectivity index (χ0) is 16.8. The van der Waals surface area contributed by atoms with Gasteiger partial charge < -0.3 is 10.5 Å². The van der Waals surface area contributed by atoms with Gasteiger partial charge in [-0.3, -0.25) is 15.0 Å². The number of hydrogen-bond donors (Lipinski definition) is 2. The highest BCUT2D eigenvalue weighted by molar-refractivity contribution is 5.96. The molecule has 1 aromatic rings. The van der Waals surface area contributed by atoms with Gasteiger partial charge in [0.25, 0.3) is 0 Å². The van der Waals surface area contributed by atoms with Crippen molar-refractivity contribution in [3.8, 4) is 5.75 Å². The highest BCUT2D eigenvalue weighted by Crippen LogP contribution is 2.26. The summed E-state index contributed by atoms with van der Waals surface area (Å²) in [4.78, 5) is 24.9. The Hall–Kier alpha value is -2.08. The standard InChI is InChI=1S/C17H25N3O3/c1-12(16(21)19-17(18)22)20-9-5-6-13(11-20)10-14-7-3-4-8-15(14)23-2/h3-4,7-8,12-13H,5-6,9-11H2,1-2H3,(H3,18,19,21,22)/t12-,13+/m1/s1. The van der Waals surface area contributed by atoms with Gasteiger partial charge in [-0.15, -0.1) is 0 Å². The molecule has 3 amide bonds. The van der Waals surface area contributed by atoms with Gasteiger partial charge in [0.2, 0.25) is 5.91 Å². The summed E-state index contributed by atoms with van der Waals surface area (Å²) in [7, 11) is 1.68. The maximum atomic E-state index is 11.9. The minimum absolute atomic E-state index is 0.338. The van der Waals surface area contributed by atoms with Crippen molar-refractivity contribution in [2.75, 3.05) is 20.2 Å². The molecule has 0 aliphatic carbocycles. The molecule has 6 nitrogen and oxygen atoms in total. The maximum absolute atomic E-state index is 11.9. The number of methoxy groups -OCH3 is 1. The lowest BCUT2D eigenvalue weighted by molar-refractivity contribution is -0.125. The molecule has 1 fully saturated rings. The Morgan fingerprint density at radius 2 is 2.17 bits per heavy atom. The Balaban J connectivity index is 1.97. The lowest BCUT2D eigenvalue weighted by Gasteiger charge is -2.36. The maximum Gasteiger partial charge on any atom is 0.318 e. The van der Waals surface area contributed by atoms with E-state index in [0.717, 1.165) is 38.1 Å². The summed E-state index contributed by atoms with van der Waals surface area (Å²) in [6.45, 7) is 3.49. The Morgan fingerprint density at radius 3 is 2.87 bits per heavy atom. The molecule has 2 atom stereocenters. The fourth-order valence-electron chi connectivity index (χ4n) is 3.19. The summed E-state index contributed by atoms with van der Waals surface area (Å²) in [5, 5.41) is 2.16. The second-order valence-corrected chi connectivity index (χ2v) is 6.05. The van der Waals surface area contributed by atoms with E-state index >= 15 is 0 Å². The molecule has 0 aromatic heterocycles. The molecule has 0 radical (unpaired) electrons. The first kappa shape index (κ1) is 17.3. The molecule has 0 spiro atoms. The Morgan fingerprint density at radius 1 is 1.43 bits per heavy atom. The van der Waals surface area contributed by atoms with Crippen LogP contribution in [0.15, 0.2) is 24.3 Å². The molecule has 1 heterocycles. The van der Waals surface area contributed by atoms with E-state index < -0.39 is 6.03 Å². The fraction of sp³-hybridized carbons (Fsp3) is 0.529. The average Bonchev–Trinajstić information content (AvgIpc) is 2.54. The molecule has 126 valence electrons. The van der Waals surface area contributed by atoms with Gasteiger partial charge in [-0.2, -0.15) is 0 Å². The predicted octanol–water partition coefficient (Wildman–Crippen LogP) is 1.53. The highest BCUT2D eigenvalue weighted by Gasteiger charge is 2.28. The molecule has 1 aliphatic rings. The van der Waals surface area contributed by atoms with Crippen molar-refractivity contribution in [2.45, 2.75) is 32.2 Å². The summed E-state index contributed by atoms with van der Waals surface area (Å²) < 4.78 is 5.41. The first-order valence-electron chi connectivity index (χ1n) is 7.97. The number of nitrogens with zero attached hydrogens (tertiary/aromatic N) is 1. The van der Waals surface area contributed by atoms with Crippen LogP contribution in [0, 0.1) is 5.92 Å². The molecule has 1 saturated heterocycles. The Kier molecular flexibility index (Phi) is 5.98. The van der Waals surface area contributed by atoms with Gasteiger partial charge in [-0.05, 0) is 50.3 Å². The fourth-order valence-corrected chi connectivity index (χ4v) is 3.19. The van der Waals surface area contributed by atoms with Gasteiger partial charge in [0.05, 0.1) is 13.2 Å². The van der Waals surface area contributed by atoms with Gasteiger partial charge in [0.15, 0.2) is 0 Å². The number of amides is 3. The van der Waals surface area contributed by atoms with Crippen LogP contribution in [0.25, 0.3) is 0 Å². The van der Waals surface area contributed by atoms with Crippen LogP contribution in [0.5, 0.6) is 5.75 Å². The van der Waals surface area contributed by atoms with Crippen LogP contribution in [0.1, 0.15) is 25.3 Å². The van der Waals surface area contributed by atoms with Crippen molar-refractivity contribution in [1.82, 2.24) is 10.2 Å². The smallest absolute Gasteiger partial charge is 0.318 e. The van der Waals surface area contributed by atoms with Crippen molar-refractivity contribution in [2.24, 2.45) is 11.7 Å². The van der Waals surface area contributed by atoms with Gasteiger partial charge in [0, 0.05) is 6.54 Å². The number of primary amides is 1. The van der Waals surface area contributed by atoms with Crippen LogP contribution in [-0.2, 0) is 11.2 Å². The van der Waals surface area contributed by atoms with E-state index in [0.29, 0.717) is 5.92 Å². The number of rotatable bonds is 5. The average molecular weight is 319 g/mol. The van der Waals surface area contributed by atoms with Crippen molar-refractivity contribution in [3.63, 3.8) is 0 Å². The first-order chi connectivity index (χ1) is 11.0. The largest absolute Gasteiger partial charge is 0.496 e. The van der Waals surface area contributed by atoms with E-state index in [2.05, 4.69) is 16.3 Å². The second-order valence-electron chi connectivity index (χ2n) is 6.05. The number of benzene rings is 1. The van der Waals surface area contributed by atoms with Crippen molar-refractivity contribution >= 4 is 11.9 Å². The number of urea groups is 1. The Bertz CT molecular complexity index is 562. The third-order valence-corrected chi connectivity index (χ3v) is 4.43. The normalized spacial score (nSPS) is 19.8. The molecule has 0 bridgehead atoms.